The van der Waals surface area contributed by atoms with Gasteiger partial charge >= 0.3 is 0 Å². The third kappa shape index (κ3) is 5.06. The molecular weight excluding hydrogens is 493 g/mol. The molecule has 2 heterocycles. The first kappa shape index (κ1) is 24.9. The predicted molar refractivity (Wildman–Crippen MR) is 138 cm³/mol. The lowest BCUT2D eigenvalue weighted by Gasteiger charge is -2.39. The third-order valence-corrected chi connectivity index (χ3v) is 7.00. The van der Waals surface area contributed by atoms with Gasteiger partial charge in [-0.3, -0.25) is 9.59 Å². The fourth-order valence-electron chi connectivity index (χ4n) is 5.09. The minimum Gasteiger partial charge on any atom is -0.362 e. The number of dihydropyridines is 1. The Kier molecular flexibility index (Phi) is 6.45. The van der Waals surface area contributed by atoms with E-state index in [0.29, 0.717) is 39.7 Å². The number of benzene rings is 2. The molecule has 0 bridgehead atoms. The zero-order valence-corrected chi connectivity index (χ0v) is 21.6. The molecule has 1 atom stereocenters. The highest BCUT2D eigenvalue weighted by molar-refractivity contribution is 6.30. The van der Waals surface area contributed by atoms with Crippen molar-refractivity contribution in [3.05, 3.63) is 99.4 Å². The fourth-order valence-corrected chi connectivity index (χ4v) is 5.22. The largest absolute Gasteiger partial charge is 0.362 e. The average molecular weight is 520 g/mol. The molecule has 1 unspecified atom stereocenters. The predicted octanol–water partition coefficient (Wildman–Crippen LogP) is 4.98. The lowest BCUT2D eigenvalue weighted by molar-refractivity contribution is -0.118. The van der Waals surface area contributed by atoms with Crippen molar-refractivity contribution >= 4 is 23.3 Å². The second kappa shape index (κ2) is 9.59. The number of carbonyl (C=O) groups is 2. The number of nitrogens with one attached hydrogen (secondary N) is 2. The SMILES string of the molecule is CC1=C(C(=O)NCc2cn(-c3ccc(F)cc3)nn2)C(c2ccc(Cl)cc2)C2=C(CC(C)(C)CC2=O)N1. The maximum absolute atomic E-state index is 13.6. The van der Waals surface area contributed by atoms with Crippen LogP contribution < -0.4 is 10.6 Å². The van der Waals surface area contributed by atoms with Gasteiger partial charge < -0.3 is 10.6 Å². The molecule has 2 aliphatic rings. The fraction of sp³-hybridized carbons (Fsp3) is 0.286. The summed E-state index contributed by atoms with van der Waals surface area (Å²) in [5.74, 6) is -1.11. The van der Waals surface area contributed by atoms with Gasteiger partial charge in [-0.15, -0.1) is 5.10 Å². The van der Waals surface area contributed by atoms with E-state index < -0.39 is 5.92 Å². The number of amides is 1. The van der Waals surface area contributed by atoms with E-state index in [1.807, 2.05) is 19.1 Å². The molecule has 1 amide bonds. The van der Waals surface area contributed by atoms with Crippen LogP contribution in [0.3, 0.4) is 0 Å². The Balaban J connectivity index is 1.42. The van der Waals surface area contributed by atoms with Gasteiger partial charge in [0.2, 0.25) is 5.91 Å². The van der Waals surface area contributed by atoms with E-state index in [4.69, 9.17) is 11.6 Å². The number of aromatic nitrogens is 3. The quantitative estimate of drug-likeness (QED) is 0.496. The second-order valence-electron chi connectivity index (χ2n) is 10.3. The van der Waals surface area contributed by atoms with Crippen molar-refractivity contribution in [2.75, 3.05) is 0 Å². The van der Waals surface area contributed by atoms with Crippen molar-refractivity contribution in [1.29, 1.82) is 0 Å². The number of hydrogen-bond donors (Lipinski definition) is 2. The zero-order chi connectivity index (χ0) is 26.3. The minimum atomic E-state index is -0.507. The van der Waals surface area contributed by atoms with Crippen molar-refractivity contribution in [1.82, 2.24) is 25.6 Å². The Morgan fingerprint density at radius 1 is 1.16 bits per heavy atom. The van der Waals surface area contributed by atoms with Gasteiger partial charge in [0.05, 0.1) is 18.4 Å². The van der Waals surface area contributed by atoms with E-state index in [1.54, 1.807) is 30.5 Å². The number of rotatable bonds is 5. The highest BCUT2D eigenvalue weighted by atomic mass is 35.5. The molecule has 0 saturated heterocycles. The molecule has 190 valence electrons. The number of Topliss-reactive ketones (excluding diaryl/α,β-unsaturated/α-hetero) is 1. The van der Waals surface area contributed by atoms with Gasteiger partial charge in [-0.05, 0) is 60.7 Å². The normalized spacial score (nSPS) is 18.9. The molecule has 3 aromatic rings. The van der Waals surface area contributed by atoms with Crippen LogP contribution in [0.25, 0.3) is 5.69 Å². The van der Waals surface area contributed by atoms with Crippen LogP contribution in [-0.2, 0) is 16.1 Å². The van der Waals surface area contributed by atoms with Crippen LogP contribution in [0.5, 0.6) is 0 Å². The zero-order valence-electron chi connectivity index (χ0n) is 20.8. The monoisotopic (exact) mass is 519 g/mol. The molecule has 0 fully saturated rings. The van der Waals surface area contributed by atoms with Crippen LogP contribution in [-0.4, -0.2) is 26.7 Å². The molecular formula is C28H27ClFN5O2. The molecule has 9 heteroatoms. The number of ketones is 1. The van der Waals surface area contributed by atoms with Gasteiger partial charge in [0.15, 0.2) is 5.78 Å². The molecule has 2 aromatic carbocycles. The number of allylic oxidation sites excluding steroid dienone is 3. The van der Waals surface area contributed by atoms with E-state index in [1.165, 1.54) is 16.8 Å². The van der Waals surface area contributed by atoms with Crippen molar-refractivity contribution in [3.8, 4) is 5.69 Å². The summed E-state index contributed by atoms with van der Waals surface area (Å²) in [5.41, 5.74) is 4.57. The Morgan fingerprint density at radius 2 is 1.86 bits per heavy atom. The molecule has 7 nitrogen and oxygen atoms in total. The summed E-state index contributed by atoms with van der Waals surface area (Å²) in [6, 6.07) is 13.2. The first-order valence-corrected chi connectivity index (χ1v) is 12.4. The highest BCUT2D eigenvalue weighted by Gasteiger charge is 2.42. The molecule has 0 radical (unpaired) electrons. The van der Waals surface area contributed by atoms with Crippen LogP contribution in [0, 0.1) is 11.2 Å². The van der Waals surface area contributed by atoms with Gasteiger partial charge in [-0.2, -0.15) is 0 Å². The smallest absolute Gasteiger partial charge is 0.250 e. The number of halogens is 2. The summed E-state index contributed by atoms with van der Waals surface area (Å²) >= 11 is 6.14. The first-order valence-electron chi connectivity index (χ1n) is 12.1. The molecule has 1 aliphatic heterocycles. The van der Waals surface area contributed by atoms with Gasteiger partial charge in [0.25, 0.3) is 0 Å². The molecule has 1 aliphatic carbocycles. The maximum Gasteiger partial charge on any atom is 0.250 e. The van der Waals surface area contributed by atoms with Gasteiger partial charge in [0, 0.05) is 39.9 Å². The first-order chi connectivity index (χ1) is 17.6. The van der Waals surface area contributed by atoms with E-state index in [-0.39, 0.29) is 29.5 Å². The van der Waals surface area contributed by atoms with Gasteiger partial charge in [-0.1, -0.05) is 42.8 Å². The molecule has 0 saturated carbocycles. The van der Waals surface area contributed by atoms with Crippen molar-refractivity contribution in [2.24, 2.45) is 5.41 Å². The van der Waals surface area contributed by atoms with E-state index in [9.17, 15) is 14.0 Å². The molecule has 37 heavy (non-hydrogen) atoms. The lowest BCUT2D eigenvalue weighted by Crippen LogP contribution is -2.40. The minimum absolute atomic E-state index is 0.0405. The summed E-state index contributed by atoms with van der Waals surface area (Å²) in [6.45, 7) is 6.15. The summed E-state index contributed by atoms with van der Waals surface area (Å²) in [5, 5.41) is 15.1. The summed E-state index contributed by atoms with van der Waals surface area (Å²) in [6.07, 6.45) is 2.81. The second-order valence-corrected chi connectivity index (χ2v) is 10.7. The van der Waals surface area contributed by atoms with Crippen molar-refractivity contribution in [2.45, 2.75) is 46.1 Å². The number of hydrogen-bond acceptors (Lipinski definition) is 5. The molecule has 2 N–H and O–H groups in total. The van der Waals surface area contributed by atoms with Gasteiger partial charge in [-0.25, -0.2) is 9.07 Å². The number of carbonyl (C=O) groups excluding carboxylic acids is 2. The summed E-state index contributed by atoms with van der Waals surface area (Å²) < 4.78 is 14.7. The highest BCUT2D eigenvalue weighted by Crippen LogP contribution is 2.46. The molecule has 5 rings (SSSR count). The molecule has 1 aromatic heterocycles. The summed E-state index contributed by atoms with van der Waals surface area (Å²) in [7, 11) is 0. The Labute approximate surface area is 219 Å². The maximum atomic E-state index is 13.6. The third-order valence-electron chi connectivity index (χ3n) is 6.75. The Hall–Kier alpha value is -3.78. The van der Waals surface area contributed by atoms with Crippen LogP contribution >= 0.6 is 11.6 Å². The van der Waals surface area contributed by atoms with Gasteiger partial charge in [0.1, 0.15) is 11.5 Å². The van der Waals surface area contributed by atoms with E-state index in [2.05, 4.69) is 34.8 Å². The van der Waals surface area contributed by atoms with Crippen LogP contribution in [0.15, 0.2) is 77.3 Å². The van der Waals surface area contributed by atoms with Crippen LogP contribution in [0.4, 0.5) is 4.39 Å². The summed E-state index contributed by atoms with van der Waals surface area (Å²) in [4.78, 5) is 27.0. The van der Waals surface area contributed by atoms with E-state index in [0.717, 1.165) is 17.7 Å². The number of nitrogens with zero attached hydrogens (tertiary/aromatic N) is 3. The lowest BCUT2D eigenvalue weighted by atomic mass is 9.68. The van der Waals surface area contributed by atoms with Crippen LogP contribution in [0.1, 0.15) is 50.8 Å². The van der Waals surface area contributed by atoms with Crippen LogP contribution in [0.2, 0.25) is 5.02 Å². The Bertz CT molecular complexity index is 1440. The standard InChI is InChI=1S/C28H27ClFN5O2/c1-16-24(27(37)31-14-20-15-35(34-33-20)21-10-8-19(30)9-11-21)25(17-4-6-18(29)7-5-17)26-22(32-16)12-28(2,3)13-23(26)36/h4-11,15,25,32H,12-14H2,1-3H3,(H,31,37). The van der Waals surface area contributed by atoms with E-state index >= 15 is 0 Å². The van der Waals surface area contributed by atoms with Crippen molar-refractivity contribution < 1.29 is 14.0 Å². The average Bonchev–Trinajstić information content (AvgIpc) is 3.31. The topological polar surface area (TPSA) is 88.9 Å². The molecule has 0 spiro atoms. The van der Waals surface area contributed by atoms with Crippen molar-refractivity contribution in [3.63, 3.8) is 0 Å². The Morgan fingerprint density at radius 3 is 2.57 bits per heavy atom.